The Labute approximate surface area is 75.0 Å². The summed E-state index contributed by atoms with van der Waals surface area (Å²) in [5.41, 5.74) is -0.252. The number of nitrogens with zero attached hydrogens (tertiary/aromatic N) is 1. The minimum Gasteiger partial charge on any atom is -0.302 e. The molecule has 2 heteroatoms. The van der Waals surface area contributed by atoms with E-state index >= 15 is 0 Å². The highest BCUT2D eigenvalue weighted by Crippen LogP contribution is 2.35. The summed E-state index contributed by atoms with van der Waals surface area (Å²) in [7, 11) is 1.90. The summed E-state index contributed by atoms with van der Waals surface area (Å²) in [5, 5.41) is 12.3. The molecule has 1 rings (SSSR count). The fourth-order valence-corrected chi connectivity index (χ4v) is 2.19. The molecule has 0 amide bonds. The molecule has 0 heterocycles. The number of rotatable bonds is 1. The predicted molar refractivity (Wildman–Crippen MR) is 49.6 cm³/mol. The third-order valence-electron chi connectivity index (χ3n) is 3.25. The molecule has 0 aliphatic heterocycles. The van der Waals surface area contributed by atoms with Gasteiger partial charge >= 0.3 is 0 Å². The molecule has 0 radical (unpaired) electrons. The van der Waals surface area contributed by atoms with Gasteiger partial charge in [0.05, 0.1) is 6.07 Å². The number of hydrogen-bond acceptors (Lipinski definition) is 2. The highest BCUT2D eigenvalue weighted by Gasteiger charge is 2.39. The molecule has 1 saturated carbocycles. The van der Waals surface area contributed by atoms with Gasteiger partial charge in [0.1, 0.15) is 5.54 Å². The predicted octanol–water partition coefficient (Wildman–Crippen LogP) is 1.92. The zero-order chi connectivity index (χ0) is 9.19. The lowest BCUT2D eigenvalue weighted by atomic mass is 9.70. The van der Waals surface area contributed by atoms with Crippen LogP contribution < -0.4 is 5.32 Å². The summed E-state index contributed by atoms with van der Waals surface area (Å²) in [6, 6.07) is 2.44. The standard InChI is InChI=1S/C10H18N2/c1-8-4-5-9(2)10(6-8,7-11)12-3/h8-9,12H,4-6H2,1-3H3. The first-order chi connectivity index (χ1) is 5.64. The molecule has 3 atom stereocenters. The normalized spacial score (nSPS) is 42.2. The van der Waals surface area contributed by atoms with Gasteiger partial charge in [0.25, 0.3) is 0 Å². The van der Waals surface area contributed by atoms with E-state index in [1.807, 2.05) is 7.05 Å². The molecular formula is C10H18N2. The maximum atomic E-state index is 9.12. The van der Waals surface area contributed by atoms with Gasteiger partial charge in [0, 0.05) is 0 Å². The van der Waals surface area contributed by atoms with Crippen molar-refractivity contribution in [3.05, 3.63) is 0 Å². The second-order valence-corrected chi connectivity index (χ2v) is 4.12. The van der Waals surface area contributed by atoms with Gasteiger partial charge in [-0.3, -0.25) is 0 Å². The van der Waals surface area contributed by atoms with Crippen LogP contribution in [0.1, 0.15) is 33.1 Å². The highest BCUT2D eigenvalue weighted by molar-refractivity contribution is 5.11. The summed E-state index contributed by atoms with van der Waals surface area (Å²) in [5.74, 6) is 1.18. The fourth-order valence-electron chi connectivity index (χ4n) is 2.19. The van der Waals surface area contributed by atoms with Crippen molar-refractivity contribution in [2.75, 3.05) is 7.05 Å². The van der Waals surface area contributed by atoms with Crippen LogP contribution in [0.5, 0.6) is 0 Å². The van der Waals surface area contributed by atoms with Crippen LogP contribution >= 0.6 is 0 Å². The van der Waals surface area contributed by atoms with E-state index < -0.39 is 0 Å². The number of nitrogens with one attached hydrogen (secondary N) is 1. The quantitative estimate of drug-likeness (QED) is 0.646. The first kappa shape index (κ1) is 9.54. The summed E-state index contributed by atoms with van der Waals surface area (Å²) >= 11 is 0. The van der Waals surface area contributed by atoms with Crippen molar-refractivity contribution in [2.24, 2.45) is 11.8 Å². The lowest BCUT2D eigenvalue weighted by molar-refractivity contribution is 0.180. The maximum Gasteiger partial charge on any atom is 0.109 e. The average molecular weight is 166 g/mol. The van der Waals surface area contributed by atoms with Crippen LogP contribution in [-0.2, 0) is 0 Å². The third-order valence-corrected chi connectivity index (χ3v) is 3.25. The van der Waals surface area contributed by atoms with E-state index in [-0.39, 0.29) is 5.54 Å². The highest BCUT2D eigenvalue weighted by atomic mass is 15.0. The smallest absolute Gasteiger partial charge is 0.109 e. The van der Waals surface area contributed by atoms with Crippen molar-refractivity contribution in [1.82, 2.24) is 5.32 Å². The Morgan fingerprint density at radius 1 is 1.42 bits per heavy atom. The average Bonchev–Trinajstić information content (AvgIpc) is 2.09. The van der Waals surface area contributed by atoms with E-state index in [4.69, 9.17) is 5.26 Å². The molecule has 0 bridgehead atoms. The van der Waals surface area contributed by atoms with Crippen molar-refractivity contribution in [1.29, 1.82) is 5.26 Å². The summed E-state index contributed by atoms with van der Waals surface area (Å²) in [6.45, 7) is 4.40. The van der Waals surface area contributed by atoms with Gasteiger partial charge in [-0.1, -0.05) is 20.3 Å². The van der Waals surface area contributed by atoms with E-state index in [1.165, 1.54) is 12.8 Å². The van der Waals surface area contributed by atoms with E-state index in [1.54, 1.807) is 0 Å². The molecule has 0 aromatic rings. The lowest BCUT2D eigenvalue weighted by Crippen LogP contribution is -2.50. The summed E-state index contributed by atoms with van der Waals surface area (Å²) in [6.07, 6.45) is 3.45. The topological polar surface area (TPSA) is 35.8 Å². The van der Waals surface area contributed by atoms with Crippen molar-refractivity contribution in [3.63, 3.8) is 0 Å². The minimum absolute atomic E-state index is 0.252. The van der Waals surface area contributed by atoms with Gasteiger partial charge in [-0.05, 0) is 31.7 Å². The third kappa shape index (κ3) is 1.47. The Balaban J connectivity index is 2.77. The lowest BCUT2D eigenvalue weighted by Gasteiger charge is -2.39. The van der Waals surface area contributed by atoms with Gasteiger partial charge in [0.15, 0.2) is 0 Å². The Hall–Kier alpha value is -0.550. The maximum absolute atomic E-state index is 9.12. The second kappa shape index (κ2) is 3.45. The van der Waals surface area contributed by atoms with E-state index in [0.717, 1.165) is 6.42 Å². The van der Waals surface area contributed by atoms with Gasteiger partial charge < -0.3 is 5.32 Å². The van der Waals surface area contributed by atoms with Crippen molar-refractivity contribution in [2.45, 2.75) is 38.6 Å². The number of hydrogen-bond donors (Lipinski definition) is 1. The number of nitriles is 1. The molecular weight excluding hydrogens is 148 g/mol. The Bertz CT molecular complexity index is 195. The molecule has 0 aromatic carbocycles. The van der Waals surface area contributed by atoms with Crippen molar-refractivity contribution >= 4 is 0 Å². The molecule has 1 fully saturated rings. The zero-order valence-corrected chi connectivity index (χ0v) is 8.22. The second-order valence-electron chi connectivity index (χ2n) is 4.12. The molecule has 68 valence electrons. The minimum atomic E-state index is -0.252. The van der Waals surface area contributed by atoms with Crippen molar-refractivity contribution < 1.29 is 0 Å². The largest absolute Gasteiger partial charge is 0.302 e. The molecule has 0 saturated heterocycles. The molecule has 12 heavy (non-hydrogen) atoms. The van der Waals surface area contributed by atoms with Crippen LogP contribution in [-0.4, -0.2) is 12.6 Å². The Morgan fingerprint density at radius 2 is 2.08 bits per heavy atom. The van der Waals surface area contributed by atoms with E-state index in [0.29, 0.717) is 11.8 Å². The van der Waals surface area contributed by atoms with Gasteiger partial charge in [-0.15, -0.1) is 0 Å². The van der Waals surface area contributed by atoms with Crippen LogP contribution in [0.3, 0.4) is 0 Å². The van der Waals surface area contributed by atoms with Crippen LogP contribution in [0, 0.1) is 23.2 Å². The van der Waals surface area contributed by atoms with Crippen molar-refractivity contribution in [3.8, 4) is 6.07 Å². The van der Waals surface area contributed by atoms with E-state index in [9.17, 15) is 0 Å². The molecule has 1 aliphatic carbocycles. The summed E-state index contributed by atoms with van der Waals surface area (Å²) in [4.78, 5) is 0. The molecule has 3 unspecified atom stereocenters. The van der Waals surface area contributed by atoms with Crippen LogP contribution in [0.15, 0.2) is 0 Å². The van der Waals surface area contributed by atoms with Gasteiger partial charge in [-0.25, -0.2) is 0 Å². The van der Waals surface area contributed by atoms with Gasteiger partial charge in [-0.2, -0.15) is 5.26 Å². The van der Waals surface area contributed by atoms with Gasteiger partial charge in [0.2, 0.25) is 0 Å². The SMILES string of the molecule is CNC1(C#N)CC(C)CCC1C. The first-order valence-electron chi connectivity index (χ1n) is 4.75. The summed E-state index contributed by atoms with van der Waals surface area (Å²) < 4.78 is 0. The fraction of sp³-hybridized carbons (Fsp3) is 0.900. The molecule has 0 spiro atoms. The van der Waals surface area contributed by atoms with Crippen LogP contribution in [0.2, 0.25) is 0 Å². The monoisotopic (exact) mass is 166 g/mol. The Kier molecular flexibility index (Phi) is 2.74. The molecule has 2 nitrogen and oxygen atoms in total. The molecule has 1 N–H and O–H groups in total. The van der Waals surface area contributed by atoms with E-state index in [2.05, 4.69) is 25.2 Å². The van der Waals surface area contributed by atoms with Crippen LogP contribution in [0.4, 0.5) is 0 Å². The first-order valence-corrected chi connectivity index (χ1v) is 4.75. The van der Waals surface area contributed by atoms with Crippen LogP contribution in [0.25, 0.3) is 0 Å². The molecule has 0 aromatic heterocycles. The molecule has 1 aliphatic rings. The zero-order valence-electron chi connectivity index (χ0n) is 8.22. The Morgan fingerprint density at radius 3 is 2.50 bits per heavy atom.